The van der Waals surface area contributed by atoms with Gasteiger partial charge in [0.2, 0.25) is 0 Å². The first-order chi connectivity index (χ1) is 24.1. The summed E-state index contributed by atoms with van der Waals surface area (Å²) in [5, 5.41) is 30.5. The fraction of sp³-hybridized carbons (Fsp3) is 0.865. The van der Waals surface area contributed by atoms with E-state index in [0.29, 0.717) is 13.0 Å². The van der Waals surface area contributed by atoms with Gasteiger partial charge in [0, 0.05) is 13.0 Å². The zero-order valence-corrected chi connectivity index (χ0v) is 31.5. The van der Waals surface area contributed by atoms with Crippen LogP contribution in [-0.4, -0.2) is 97.5 Å². The molecule has 1 aliphatic heterocycles. The Morgan fingerprint density at radius 1 is 0.740 bits per heavy atom. The highest BCUT2D eigenvalue weighted by Crippen LogP contribution is 2.26. The van der Waals surface area contributed by atoms with Gasteiger partial charge in [-0.2, -0.15) is 8.42 Å². The molecule has 0 aromatic rings. The summed E-state index contributed by atoms with van der Waals surface area (Å²) in [5.74, 6) is -0.415. The lowest BCUT2D eigenvalue weighted by Crippen LogP contribution is -2.60. The lowest BCUT2D eigenvalue weighted by atomic mass is 9.99. The molecule has 0 radical (unpaired) electrons. The number of aliphatic hydroxyl groups excluding tert-OH is 3. The first-order valence-corrected chi connectivity index (χ1v) is 20.5. The van der Waals surface area contributed by atoms with Gasteiger partial charge >= 0.3 is 16.4 Å². The number of allylic oxidation sites excluding steroid dienone is 4. The fourth-order valence-corrected chi connectivity index (χ4v) is 6.12. The van der Waals surface area contributed by atoms with Crippen molar-refractivity contribution in [2.45, 2.75) is 179 Å². The first-order valence-electron chi connectivity index (χ1n) is 19.1. The maximum atomic E-state index is 12.7. The minimum Gasteiger partial charge on any atom is -0.457 e. The largest absolute Gasteiger partial charge is 0.457 e. The molecule has 6 unspecified atom stereocenters. The van der Waals surface area contributed by atoms with E-state index in [2.05, 4.69) is 42.3 Å². The summed E-state index contributed by atoms with van der Waals surface area (Å²) in [7, 11) is -5.05. The van der Waals surface area contributed by atoms with E-state index in [0.717, 1.165) is 70.6 Å². The number of unbranched alkanes of at least 4 members (excludes halogenated alkanes) is 15. The Bertz CT molecular complexity index is 989. The Morgan fingerprint density at radius 2 is 1.30 bits per heavy atom. The van der Waals surface area contributed by atoms with Gasteiger partial charge < -0.3 is 34.3 Å². The van der Waals surface area contributed by atoms with Crippen molar-refractivity contribution in [3.05, 3.63) is 24.3 Å². The van der Waals surface area contributed by atoms with Crippen LogP contribution in [0.3, 0.4) is 0 Å². The van der Waals surface area contributed by atoms with Gasteiger partial charge in [0.05, 0.1) is 19.8 Å². The number of aliphatic hydroxyl groups is 3. The van der Waals surface area contributed by atoms with Crippen molar-refractivity contribution in [1.29, 1.82) is 0 Å². The molecule has 0 aromatic heterocycles. The number of esters is 1. The summed E-state index contributed by atoms with van der Waals surface area (Å²) in [6.45, 7) is 3.85. The van der Waals surface area contributed by atoms with Gasteiger partial charge in [-0.05, 0) is 57.8 Å². The second-order valence-corrected chi connectivity index (χ2v) is 14.2. The average molecular weight is 737 g/mol. The third kappa shape index (κ3) is 23.9. The monoisotopic (exact) mass is 736 g/mol. The lowest BCUT2D eigenvalue weighted by Gasteiger charge is -2.41. The van der Waals surface area contributed by atoms with Crippen LogP contribution < -0.4 is 0 Å². The number of ether oxygens (including phenoxy) is 4. The molecule has 4 N–H and O–H groups in total. The van der Waals surface area contributed by atoms with Crippen LogP contribution in [0, 0.1) is 0 Å². The molecule has 12 nitrogen and oxygen atoms in total. The van der Waals surface area contributed by atoms with Crippen molar-refractivity contribution in [1.82, 2.24) is 0 Å². The fourth-order valence-electron chi connectivity index (χ4n) is 5.61. The number of carbonyl (C=O) groups is 1. The molecular weight excluding hydrogens is 668 g/mol. The third-order valence-electron chi connectivity index (χ3n) is 8.53. The maximum absolute atomic E-state index is 12.7. The smallest absolute Gasteiger partial charge is 0.397 e. The van der Waals surface area contributed by atoms with Crippen molar-refractivity contribution in [3.63, 3.8) is 0 Å². The zero-order valence-electron chi connectivity index (χ0n) is 30.7. The Balaban J connectivity index is 2.52. The molecule has 0 spiro atoms. The van der Waals surface area contributed by atoms with Crippen molar-refractivity contribution in [2.24, 2.45) is 0 Å². The van der Waals surface area contributed by atoms with Crippen LogP contribution in [-0.2, 0) is 38.3 Å². The second kappa shape index (κ2) is 30.1. The lowest BCUT2D eigenvalue weighted by molar-refractivity contribution is -0.301. The summed E-state index contributed by atoms with van der Waals surface area (Å²) < 4.78 is 58.7. The second-order valence-electron chi connectivity index (χ2n) is 13.2. The van der Waals surface area contributed by atoms with E-state index in [1.165, 1.54) is 44.9 Å². The summed E-state index contributed by atoms with van der Waals surface area (Å²) in [6.07, 6.45) is 20.9. The van der Waals surface area contributed by atoms with Crippen LogP contribution >= 0.6 is 0 Å². The SMILES string of the molecule is CCC/C=C\CCCCCCCC(=O)OC(COCCCCCCCC/C=C\CCCCC)COC1OC(CO)C(O)C(OS(=O)(=O)O)C1O. The van der Waals surface area contributed by atoms with Gasteiger partial charge in [-0.25, -0.2) is 4.18 Å². The van der Waals surface area contributed by atoms with E-state index in [4.69, 9.17) is 23.5 Å². The molecule has 1 saturated heterocycles. The van der Waals surface area contributed by atoms with Crippen molar-refractivity contribution < 1.29 is 56.2 Å². The molecule has 1 rings (SSSR count). The van der Waals surface area contributed by atoms with Crippen molar-refractivity contribution in [3.8, 4) is 0 Å². The number of carbonyl (C=O) groups excluding carboxylic acids is 1. The van der Waals surface area contributed by atoms with E-state index in [-0.39, 0.29) is 19.6 Å². The van der Waals surface area contributed by atoms with Gasteiger partial charge in [0.1, 0.15) is 30.5 Å². The zero-order chi connectivity index (χ0) is 36.9. The number of rotatable bonds is 32. The molecule has 294 valence electrons. The van der Waals surface area contributed by atoms with Gasteiger partial charge in [0.15, 0.2) is 6.29 Å². The minimum atomic E-state index is -5.05. The van der Waals surface area contributed by atoms with Crippen molar-refractivity contribution in [2.75, 3.05) is 26.4 Å². The molecule has 0 saturated carbocycles. The van der Waals surface area contributed by atoms with Gasteiger partial charge in [-0.1, -0.05) is 102 Å². The highest BCUT2D eigenvalue weighted by atomic mass is 32.3. The summed E-state index contributed by atoms with van der Waals surface area (Å²) in [5.41, 5.74) is 0. The topological polar surface area (TPSA) is 178 Å². The molecule has 6 atom stereocenters. The highest BCUT2D eigenvalue weighted by molar-refractivity contribution is 7.80. The molecule has 50 heavy (non-hydrogen) atoms. The van der Waals surface area contributed by atoms with E-state index >= 15 is 0 Å². The maximum Gasteiger partial charge on any atom is 0.397 e. The molecule has 13 heteroatoms. The van der Waals surface area contributed by atoms with Crippen LogP contribution in [0.25, 0.3) is 0 Å². The minimum absolute atomic E-state index is 0.0295. The van der Waals surface area contributed by atoms with Crippen LogP contribution in [0.5, 0.6) is 0 Å². The standard InChI is InChI=1S/C37H68O12S/c1-3-5-7-9-11-13-15-16-17-19-21-23-25-27-45-29-31(47-33(39)26-24-22-20-18-14-12-10-8-6-4-2)30-46-37-35(41)36(49-50(42,43)44)34(40)32(28-38)48-37/h8,10-11,13,31-32,34-38,40-41H,3-7,9,12,14-30H2,1-2H3,(H,42,43,44)/b10-8-,13-11-. The molecule has 0 aliphatic carbocycles. The molecule has 1 fully saturated rings. The van der Waals surface area contributed by atoms with E-state index < -0.39 is 59.8 Å². The summed E-state index contributed by atoms with van der Waals surface area (Å²) in [4.78, 5) is 12.7. The van der Waals surface area contributed by atoms with E-state index in [1.807, 2.05) is 0 Å². The van der Waals surface area contributed by atoms with Crippen LogP contribution in [0.1, 0.15) is 142 Å². The van der Waals surface area contributed by atoms with Crippen LogP contribution in [0.15, 0.2) is 24.3 Å². The Morgan fingerprint density at radius 3 is 1.88 bits per heavy atom. The molecular formula is C37H68O12S. The average Bonchev–Trinajstić information content (AvgIpc) is 3.08. The van der Waals surface area contributed by atoms with Gasteiger partial charge in [0.25, 0.3) is 0 Å². The van der Waals surface area contributed by atoms with E-state index in [9.17, 15) is 28.5 Å². The Kier molecular flexibility index (Phi) is 28.0. The molecule has 0 aromatic carbocycles. The first kappa shape index (κ1) is 46.6. The number of hydrogen-bond acceptors (Lipinski definition) is 11. The Labute approximate surface area is 301 Å². The third-order valence-corrected chi connectivity index (χ3v) is 8.99. The van der Waals surface area contributed by atoms with Crippen LogP contribution in [0.4, 0.5) is 0 Å². The summed E-state index contributed by atoms with van der Waals surface area (Å²) >= 11 is 0. The van der Waals surface area contributed by atoms with E-state index in [1.54, 1.807) is 0 Å². The predicted molar refractivity (Wildman–Crippen MR) is 193 cm³/mol. The molecule has 1 heterocycles. The van der Waals surface area contributed by atoms with Crippen LogP contribution in [0.2, 0.25) is 0 Å². The van der Waals surface area contributed by atoms with Crippen molar-refractivity contribution >= 4 is 16.4 Å². The molecule has 1 aliphatic rings. The summed E-state index contributed by atoms with van der Waals surface area (Å²) in [6, 6.07) is 0. The molecule has 0 bridgehead atoms. The predicted octanol–water partition coefficient (Wildman–Crippen LogP) is 6.51. The van der Waals surface area contributed by atoms with Gasteiger partial charge in [-0.3, -0.25) is 9.35 Å². The number of hydrogen-bond donors (Lipinski definition) is 4. The highest BCUT2D eigenvalue weighted by Gasteiger charge is 2.48. The quantitative estimate of drug-likeness (QED) is 0.0255. The molecule has 0 amide bonds. The normalized spacial score (nSPS) is 22.1. The van der Waals surface area contributed by atoms with Gasteiger partial charge in [-0.15, -0.1) is 0 Å². The Hall–Kier alpha value is -1.42.